The van der Waals surface area contributed by atoms with E-state index in [0.29, 0.717) is 0 Å². The Balaban J connectivity index is 0.00000176. The molecule has 0 fully saturated rings. The van der Waals surface area contributed by atoms with Crippen molar-refractivity contribution in [3.63, 3.8) is 0 Å². The Morgan fingerprint density at radius 3 is 2.41 bits per heavy atom. The number of hydrogen-bond donors (Lipinski definition) is 1. The highest BCUT2D eigenvalue weighted by atomic mass is 79.9. The van der Waals surface area contributed by atoms with E-state index in [2.05, 4.69) is 20.7 Å². The van der Waals surface area contributed by atoms with Gasteiger partial charge < -0.3 is 10.1 Å². The van der Waals surface area contributed by atoms with Crippen molar-refractivity contribution in [2.45, 2.75) is 13.8 Å². The van der Waals surface area contributed by atoms with Crippen LogP contribution in [0.3, 0.4) is 0 Å². The van der Waals surface area contributed by atoms with Crippen LogP contribution in [0.15, 0.2) is 29.6 Å². The molecule has 4 nitrogen and oxygen atoms in total. The van der Waals surface area contributed by atoms with Crippen molar-refractivity contribution in [3.05, 3.63) is 40.3 Å². The molecule has 0 saturated carbocycles. The predicted octanol–water partition coefficient (Wildman–Crippen LogP) is 5.21. The lowest BCUT2D eigenvalue weighted by molar-refractivity contribution is 0.415. The Bertz CT molecular complexity index is 752. The molecule has 0 aliphatic rings. The van der Waals surface area contributed by atoms with Gasteiger partial charge in [0.2, 0.25) is 0 Å². The summed E-state index contributed by atoms with van der Waals surface area (Å²) in [6.07, 6.45) is 0. The minimum Gasteiger partial charge on any atom is -0.497 e. The van der Waals surface area contributed by atoms with Crippen LogP contribution in [-0.4, -0.2) is 17.1 Å². The maximum absolute atomic E-state index is 5.15. The lowest BCUT2D eigenvalue weighted by atomic mass is 10.3. The van der Waals surface area contributed by atoms with Crippen molar-refractivity contribution in [2.75, 3.05) is 12.4 Å². The van der Waals surface area contributed by atoms with E-state index in [1.807, 2.05) is 38.1 Å². The Hall–Kier alpha value is -1.44. The van der Waals surface area contributed by atoms with E-state index in [-0.39, 0.29) is 17.0 Å². The van der Waals surface area contributed by atoms with Crippen LogP contribution in [0, 0.1) is 13.8 Å². The first kappa shape index (κ1) is 16.9. The predicted molar refractivity (Wildman–Crippen MR) is 99.3 cm³/mol. The second-order valence-electron chi connectivity index (χ2n) is 4.54. The summed E-state index contributed by atoms with van der Waals surface area (Å²) >= 11 is 3.27. The zero-order valence-electron chi connectivity index (χ0n) is 12.4. The van der Waals surface area contributed by atoms with E-state index in [9.17, 15) is 0 Å². The maximum atomic E-state index is 5.15. The van der Waals surface area contributed by atoms with Crippen LogP contribution in [0.1, 0.15) is 10.7 Å². The van der Waals surface area contributed by atoms with E-state index in [0.717, 1.165) is 37.8 Å². The molecule has 2 aromatic heterocycles. The number of ether oxygens (including phenoxy) is 1. The van der Waals surface area contributed by atoms with Crippen molar-refractivity contribution in [1.82, 2.24) is 9.97 Å². The van der Waals surface area contributed by atoms with Gasteiger partial charge in [-0.15, -0.1) is 39.7 Å². The number of halogens is 1. The largest absolute Gasteiger partial charge is 0.497 e. The van der Waals surface area contributed by atoms with Crippen LogP contribution in [0.5, 0.6) is 5.75 Å². The molecule has 0 aliphatic carbocycles. The van der Waals surface area contributed by atoms with Gasteiger partial charge in [0.1, 0.15) is 5.75 Å². The fourth-order valence-corrected chi connectivity index (χ4v) is 3.68. The van der Waals surface area contributed by atoms with Crippen LogP contribution < -0.4 is 10.1 Å². The summed E-state index contributed by atoms with van der Waals surface area (Å²) in [6.45, 7) is 4.04. The molecular weight excluding hydrogens is 382 g/mol. The van der Waals surface area contributed by atoms with Gasteiger partial charge in [-0.05, 0) is 38.1 Å². The fraction of sp³-hybridized carbons (Fsp3) is 0.200. The molecule has 1 aromatic carbocycles. The normalized spacial score (nSPS) is 10.1. The minimum atomic E-state index is 0. The first-order valence-electron chi connectivity index (χ1n) is 6.46. The molecule has 0 unspecified atom stereocenters. The highest BCUT2D eigenvalue weighted by Gasteiger charge is 2.11. The number of benzene rings is 1. The SMILES string of the molecule is Br.COc1ccc(Nc2nc(-c3sc(C)nc3C)cs2)cc1. The number of hydrogen-bond acceptors (Lipinski definition) is 6. The number of anilines is 2. The van der Waals surface area contributed by atoms with Crippen molar-refractivity contribution in [1.29, 1.82) is 0 Å². The van der Waals surface area contributed by atoms with Crippen molar-refractivity contribution < 1.29 is 4.74 Å². The van der Waals surface area contributed by atoms with Crippen LogP contribution in [0.2, 0.25) is 0 Å². The Labute approximate surface area is 148 Å². The van der Waals surface area contributed by atoms with Gasteiger partial charge >= 0.3 is 0 Å². The lowest BCUT2D eigenvalue weighted by Gasteiger charge is -2.03. The topological polar surface area (TPSA) is 47.0 Å². The smallest absolute Gasteiger partial charge is 0.187 e. The fourth-order valence-electron chi connectivity index (χ4n) is 2.00. The van der Waals surface area contributed by atoms with Crippen LogP contribution >= 0.6 is 39.7 Å². The third-order valence-electron chi connectivity index (χ3n) is 2.98. The Kier molecular flexibility index (Phi) is 5.55. The summed E-state index contributed by atoms with van der Waals surface area (Å²) in [4.78, 5) is 10.2. The Morgan fingerprint density at radius 1 is 1.09 bits per heavy atom. The summed E-state index contributed by atoms with van der Waals surface area (Å²) in [5.41, 5.74) is 3.02. The van der Waals surface area contributed by atoms with Gasteiger partial charge in [0.15, 0.2) is 5.13 Å². The number of nitrogens with one attached hydrogen (secondary N) is 1. The summed E-state index contributed by atoms with van der Waals surface area (Å²) in [7, 11) is 1.66. The molecule has 1 N–H and O–H groups in total. The molecule has 0 spiro atoms. The van der Waals surface area contributed by atoms with Crippen LogP contribution in [-0.2, 0) is 0 Å². The van der Waals surface area contributed by atoms with E-state index in [1.165, 1.54) is 0 Å². The zero-order valence-corrected chi connectivity index (χ0v) is 15.8. The number of methoxy groups -OCH3 is 1. The molecule has 0 saturated heterocycles. The number of nitrogens with zero attached hydrogens (tertiary/aromatic N) is 2. The highest BCUT2D eigenvalue weighted by Crippen LogP contribution is 2.33. The van der Waals surface area contributed by atoms with Gasteiger partial charge in [-0.25, -0.2) is 9.97 Å². The molecular formula is C15H16BrN3OS2. The van der Waals surface area contributed by atoms with E-state index in [4.69, 9.17) is 4.74 Å². The van der Waals surface area contributed by atoms with Gasteiger partial charge in [0, 0.05) is 11.1 Å². The number of thiazole rings is 2. The highest BCUT2D eigenvalue weighted by molar-refractivity contribution is 8.93. The quantitative estimate of drug-likeness (QED) is 0.655. The first-order chi connectivity index (χ1) is 10.2. The molecule has 7 heteroatoms. The lowest BCUT2D eigenvalue weighted by Crippen LogP contribution is -1.90. The van der Waals surface area contributed by atoms with Gasteiger partial charge in [-0.1, -0.05) is 0 Å². The summed E-state index contributed by atoms with van der Waals surface area (Å²) in [6, 6.07) is 7.80. The molecule has 0 radical (unpaired) electrons. The minimum absolute atomic E-state index is 0. The standard InChI is InChI=1S/C15H15N3OS2.BrH/c1-9-14(21-10(2)16-9)13-8-20-15(18-13)17-11-4-6-12(19-3)7-5-11;/h4-8H,1-3H3,(H,17,18);1H. The van der Waals surface area contributed by atoms with Crippen LogP contribution in [0.4, 0.5) is 10.8 Å². The molecule has 116 valence electrons. The van der Waals surface area contributed by atoms with Crippen LogP contribution in [0.25, 0.3) is 10.6 Å². The second-order valence-corrected chi connectivity index (χ2v) is 6.60. The summed E-state index contributed by atoms with van der Waals surface area (Å²) < 4.78 is 5.15. The molecule has 0 atom stereocenters. The van der Waals surface area contributed by atoms with E-state index >= 15 is 0 Å². The zero-order chi connectivity index (χ0) is 14.8. The Morgan fingerprint density at radius 2 is 1.82 bits per heavy atom. The molecule has 2 heterocycles. The summed E-state index contributed by atoms with van der Waals surface area (Å²) in [5, 5.41) is 7.31. The van der Waals surface area contributed by atoms with Crippen molar-refractivity contribution in [3.8, 4) is 16.3 Å². The molecule has 22 heavy (non-hydrogen) atoms. The third-order valence-corrected chi connectivity index (χ3v) is 4.83. The number of aryl methyl sites for hydroxylation is 2. The maximum Gasteiger partial charge on any atom is 0.187 e. The first-order valence-corrected chi connectivity index (χ1v) is 8.16. The molecule has 3 aromatic rings. The number of aromatic nitrogens is 2. The molecule has 0 bridgehead atoms. The molecule has 0 amide bonds. The monoisotopic (exact) mass is 397 g/mol. The van der Waals surface area contributed by atoms with Crippen molar-refractivity contribution in [2.24, 2.45) is 0 Å². The number of rotatable bonds is 4. The average molecular weight is 398 g/mol. The van der Waals surface area contributed by atoms with Crippen molar-refractivity contribution >= 4 is 50.5 Å². The van der Waals surface area contributed by atoms with E-state index in [1.54, 1.807) is 29.8 Å². The third kappa shape index (κ3) is 3.66. The summed E-state index contributed by atoms with van der Waals surface area (Å²) in [5.74, 6) is 0.844. The second kappa shape index (κ2) is 7.21. The van der Waals surface area contributed by atoms with Gasteiger partial charge in [0.25, 0.3) is 0 Å². The van der Waals surface area contributed by atoms with Gasteiger partial charge in [0.05, 0.1) is 28.4 Å². The molecule has 0 aliphatic heterocycles. The van der Waals surface area contributed by atoms with Gasteiger partial charge in [-0.3, -0.25) is 0 Å². The van der Waals surface area contributed by atoms with Gasteiger partial charge in [-0.2, -0.15) is 0 Å². The van der Waals surface area contributed by atoms with E-state index < -0.39 is 0 Å². The molecule has 3 rings (SSSR count). The average Bonchev–Trinajstić information content (AvgIpc) is 3.06.